The Labute approximate surface area is 184 Å². The third-order valence-corrected chi connectivity index (χ3v) is 4.78. The van der Waals surface area contributed by atoms with Crippen LogP contribution in [0.25, 0.3) is 10.9 Å². The van der Waals surface area contributed by atoms with Crippen molar-refractivity contribution in [1.29, 1.82) is 0 Å². The molecule has 0 bridgehead atoms. The Morgan fingerprint density at radius 1 is 1.10 bits per heavy atom. The molecule has 3 rings (SSSR count). The van der Waals surface area contributed by atoms with Crippen LogP contribution in [0, 0.1) is 0 Å². The number of hydrogen-bond donors (Lipinski definition) is 3. The number of hydrogen-bond acceptors (Lipinski definition) is 4. The number of ether oxygens (including phenoxy) is 1. The van der Waals surface area contributed by atoms with Gasteiger partial charge in [-0.2, -0.15) is 0 Å². The molecule has 1 heterocycles. The molecule has 0 aliphatic heterocycles. The van der Waals surface area contributed by atoms with Gasteiger partial charge in [-0.15, -0.1) is 0 Å². The van der Waals surface area contributed by atoms with Crippen molar-refractivity contribution in [2.45, 2.75) is 39.4 Å². The number of para-hydroxylation sites is 1. The summed E-state index contributed by atoms with van der Waals surface area (Å²) >= 11 is 0. The van der Waals surface area contributed by atoms with E-state index in [1.807, 2.05) is 57.3 Å². The molecule has 0 aliphatic carbocycles. The van der Waals surface area contributed by atoms with Gasteiger partial charge in [0.05, 0.1) is 24.3 Å². The third kappa shape index (κ3) is 6.69. The van der Waals surface area contributed by atoms with Crippen LogP contribution in [0.2, 0.25) is 0 Å². The predicted molar refractivity (Wildman–Crippen MR) is 127 cm³/mol. The molecule has 1 atom stereocenters. The fraction of sp³-hybridized carbons (Fsp3) is 0.360. The highest BCUT2D eigenvalue weighted by Gasteiger charge is 2.10. The monoisotopic (exact) mass is 420 g/mol. The summed E-state index contributed by atoms with van der Waals surface area (Å²) in [4.78, 5) is 9.08. The molecule has 0 aliphatic rings. The van der Waals surface area contributed by atoms with Gasteiger partial charge in [-0.05, 0) is 56.5 Å². The number of pyridine rings is 1. The number of fused-ring (bicyclic) bond motifs is 1. The van der Waals surface area contributed by atoms with Crippen LogP contribution in [0.15, 0.2) is 65.8 Å². The maximum absolute atomic E-state index is 10.6. The zero-order valence-electron chi connectivity index (χ0n) is 18.5. The van der Waals surface area contributed by atoms with E-state index in [0.29, 0.717) is 5.96 Å². The van der Waals surface area contributed by atoms with Crippen molar-refractivity contribution in [3.05, 3.63) is 71.9 Å². The summed E-state index contributed by atoms with van der Waals surface area (Å²) in [6, 6.07) is 17.8. The number of rotatable bonds is 9. The van der Waals surface area contributed by atoms with Crippen LogP contribution >= 0.6 is 0 Å². The molecule has 0 fully saturated rings. The van der Waals surface area contributed by atoms with Gasteiger partial charge in [-0.1, -0.05) is 36.4 Å². The third-order valence-electron chi connectivity index (χ3n) is 4.78. The van der Waals surface area contributed by atoms with E-state index in [9.17, 15) is 5.11 Å². The van der Waals surface area contributed by atoms with E-state index in [2.05, 4.69) is 44.9 Å². The SMILES string of the molecule is CCNC(=NCC(O)c1cccc(OC(C)C)c1)NCCc1cccc2cccnc12. The first-order chi connectivity index (χ1) is 15.1. The van der Waals surface area contributed by atoms with Crippen molar-refractivity contribution in [1.82, 2.24) is 15.6 Å². The fourth-order valence-corrected chi connectivity index (χ4v) is 3.38. The van der Waals surface area contributed by atoms with Gasteiger partial charge >= 0.3 is 0 Å². The van der Waals surface area contributed by atoms with Gasteiger partial charge in [0.15, 0.2) is 5.96 Å². The number of guanidine groups is 1. The Balaban J connectivity index is 1.59. The Hall–Kier alpha value is -3.12. The van der Waals surface area contributed by atoms with Crippen LogP contribution < -0.4 is 15.4 Å². The lowest BCUT2D eigenvalue weighted by Gasteiger charge is -2.15. The van der Waals surface area contributed by atoms with Crippen LogP contribution in [0.3, 0.4) is 0 Å². The van der Waals surface area contributed by atoms with Gasteiger partial charge in [0, 0.05) is 24.7 Å². The molecule has 2 aromatic carbocycles. The summed E-state index contributed by atoms with van der Waals surface area (Å²) in [7, 11) is 0. The first kappa shape index (κ1) is 22.6. The highest BCUT2D eigenvalue weighted by molar-refractivity contribution is 5.82. The van der Waals surface area contributed by atoms with E-state index in [-0.39, 0.29) is 12.6 Å². The van der Waals surface area contributed by atoms with E-state index in [1.165, 1.54) is 5.56 Å². The van der Waals surface area contributed by atoms with Crippen molar-refractivity contribution < 1.29 is 9.84 Å². The zero-order chi connectivity index (χ0) is 22.1. The molecule has 0 saturated heterocycles. The Kier molecular flexibility index (Phi) is 8.24. The predicted octanol–water partition coefficient (Wildman–Crippen LogP) is 3.85. The van der Waals surface area contributed by atoms with Gasteiger partial charge < -0.3 is 20.5 Å². The van der Waals surface area contributed by atoms with Gasteiger partial charge in [-0.25, -0.2) is 0 Å². The minimum atomic E-state index is -0.701. The smallest absolute Gasteiger partial charge is 0.191 e. The number of aliphatic imine (C=N–C) groups is 1. The maximum atomic E-state index is 10.6. The highest BCUT2D eigenvalue weighted by atomic mass is 16.5. The lowest BCUT2D eigenvalue weighted by molar-refractivity contribution is 0.185. The lowest BCUT2D eigenvalue weighted by atomic mass is 10.1. The summed E-state index contributed by atoms with van der Waals surface area (Å²) in [5.74, 6) is 1.44. The Morgan fingerprint density at radius 3 is 2.71 bits per heavy atom. The van der Waals surface area contributed by atoms with Crippen LogP contribution in [0.1, 0.15) is 38.0 Å². The van der Waals surface area contributed by atoms with Crippen LogP contribution in [0.4, 0.5) is 0 Å². The molecule has 3 aromatic rings. The molecule has 31 heavy (non-hydrogen) atoms. The molecule has 1 unspecified atom stereocenters. The van der Waals surface area contributed by atoms with Crippen molar-refractivity contribution in [3.63, 3.8) is 0 Å². The van der Waals surface area contributed by atoms with Crippen molar-refractivity contribution in [2.24, 2.45) is 4.99 Å². The minimum Gasteiger partial charge on any atom is -0.491 e. The maximum Gasteiger partial charge on any atom is 0.191 e. The topological polar surface area (TPSA) is 78.8 Å². The van der Waals surface area contributed by atoms with E-state index in [4.69, 9.17) is 4.74 Å². The molecule has 0 radical (unpaired) electrons. The van der Waals surface area contributed by atoms with E-state index in [1.54, 1.807) is 0 Å². The van der Waals surface area contributed by atoms with Crippen molar-refractivity contribution >= 4 is 16.9 Å². The fourth-order valence-electron chi connectivity index (χ4n) is 3.38. The van der Waals surface area contributed by atoms with Gasteiger partial charge in [0.25, 0.3) is 0 Å². The molecule has 0 amide bonds. The largest absolute Gasteiger partial charge is 0.491 e. The quantitative estimate of drug-likeness (QED) is 0.362. The Bertz CT molecular complexity index is 998. The van der Waals surface area contributed by atoms with Crippen molar-refractivity contribution in [3.8, 4) is 5.75 Å². The molecule has 1 aromatic heterocycles. The molecule has 6 heteroatoms. The van der Waals surface area contributed by atoms with Gasteiger partial charge in [-0.3, -0.25) is 9.98 Å². The second-order valence-electron chi connectivity index (χ2n) is 7.64. The number of aliphatic hydroxyl groups is 1. The average Bonchev–Trinajstić information content (AvgIpc) is 2.77. The minimum absolute atomic E-state index is 0.0897. The highest BCUT2D eigenvalue weighted by Crippen LogP contribution is 2.20. The molecule has 0 spiro atoms. The number of nitrogens with zero attached hydrogens (tertiary/aromatic N) is 2. The molecule has 164 valence electrons. The van der Waals surface area contributed by atoms with Crippen molar-refractivity contribution in [2.75, 3.05) is 19.6 Å². The first-order valence-electron chi connectivity index (χ1n) is 10.9. The molecular formula is C25H32N4O2. The number of aromatic nitrogens is 1. The van der Waals surface area contributed by atoms with E-state index in [0.717, 1.165) is 41.7 Å². The van der Waals surface area contributed by atoms with Crippen LogP contribution in [-0.2, 0) is 6.42 Å². The summed E-state index contributed by atoms with van der Waals surface area (Å²) < 4.78 is 5.72. The van der Waals surface area contributed by atoms with Gasteiger partial charge in [0.1, 0.15) is 5.75 Å². The number of benzene rings is 2. The summed E-state index contributed by atoms with van der Waals surface area (Å²) in [5, 5.41) is 18.3. The Morgan fingerprint density at radius 2 is 1.90 bits per heavy atom. The van der Waals surface area contributed by atoms with E-state index >= 15 is 0 Å². The van der Waals surface area contributed by atoms with Crippen LogP contribution in [-0.4, -0.2) is 41.8 Å². The van der Waals surface area contributed by atoms with E-state index < -0.39 is 6.10 Å². The number of nitrogens with one attached hydrogen (secondary N) is 2. The normalized spacial score (nSPS) is 12.7. The summed E-state index contributed by atoms with van der Waals surface area (Å²) in [5.41, 5.74) is 3.02. The molecule has 0 saturated carbocycles. The van der Waals surface area contributed by atoms with Gasteiger partial charge in [0.2, 0.25) is 0 Å². The number of aliphatic hydroxyl groups excluding tert-OH is 1. The summed E-state index contributed by atoms with van der Waals surface area (Å²) in [6.07, 6.45) is 2.05. The second kappa shape index (κ2) is 11.3. The lowest BCUT2D eigenvalue weighted by Crippen LogP contribution is -2.38. The second-order valence-corrected chi connectivity index (χ2v) is 7.64. The molecule has 6 nitrogen and oxygen atoms in total. The standard InChI is InChI=1S/C25H32N4O2/c1-4-26-25(28-15-13-20-9-5-8-19-11-7-14-27-24(19)20)29-17-23(30)21-10-6-12-22(16-21)31-18(2)3/h5-12,14,16,18,23,30H,4,13,15,17H2,1-3H3,(H2,26,28,29). The summed E-state index contributed by atoms with van der Waals surface area (Å²) in [6.45, 7) is 7.71. The molecule has 3 N–H and O–H groups in total. The average molecular weight is 421 g/mol. The molecular weight excluding hydrogens is 388 g/mol. The zero-order valence-corrected chi connectivity index (χ0v) is 18.5. The van der Waals surface area contributed by atoms with Crippen LogP contribution in [0.5, 0.6) is 5.75 Å². The first-order valence-corrected chi connectivity index (χ1v) is 10.9.